The van der Waals surface area contributed by atoms with Gasteiger partial charge in [-0.1, -0.05) is 18.2 Å². The summed E-state index contributed by atoms with van der Waals surface area (Å²) in [6.45, 7) is 0. The second-order valence-corrected chi connectivity index (χ2v) is 6.62. The van der Waals surface area contributed by atoms with Gasteiger partial charge < -0.3 is 4.74 Å². The molecule has 3 rings (SSSR count). The first-order valence-electron chi connectivity index (χ1n) is 6.62. The van der Waals surface area contributed by atoms with Gasteiger partial charge in [-0.05, 0) is 42.5 Å². The van der Waals surface area contributed by atoms with Crippen LogP contribution in [-0.4, -0.2) is 23.9 Å². The van der Waals surface area contributed by atoms with E-state index in [4.69, 9.17) is 4.74 Å². The summed E-state index contributed by atoms with van der Waals surface area (Å²) in [5.74, 6) is 1.47. The Morgan fingerprint density at radius 2 is 1.55 bits per heavy atom. The third kappa shape index (κ3) is 3.17. The van der Waals surface area contributed by atoms with Crippen LogP contribution in [-0.2, 0) is 10.0 Å². The Hall–Kier alpha value is -2.60. The van der Waals surface area contributed by atoms with Crippen LogP contribution in [0.15, 0.2) is 66.9 Å². The summed E-state index contributed by atoms with van der Waals surface area (Å²) in [5.41, 5.74) is 1.42. The third-order valence-electron chi connectivity index (χ3n) is 3.04. The SMILES string of the molecule is CS(=O)(=O)n1ccc(-c2ccc(Oc3ccccc3)cc2)n1. The fourth-order valence-corrected chi connectivity index (χ4v) is 2.48. The number of aromatic nitrogens is 2. The Morgan fingerprint density at radius 1 is 0.909 bits per heavy atom. The van der Waals surface area contributed by atoms with Crippen LogP contribution < -0.4 is 4.74 Å². The first-order chi connectivity index (χ1) is 10.5. The molecule has 22 heavy (non-hydrogen) atoms. The molecule has 0 unspecified atom stereocenters. The van der Waals surface area contributed by atoms with Crippen molar-refractivity contribution in [2.24, 2.45) is 0 Å². The molecule has 0 amide bonds. The molecule has 0 N–H and O–H groups in total. The second-order valence-electron chi connectivity index (χ2n) is 4.78. The first kappa shape index (κ1) is 14.3. The average Bonchev–Trinajstić information content (AvgIpc) is 2.99. The van der Waals surface area contributed by atoms with Gasteiger partial charge >= 0.3 is 0 Å². The van der Waals surface area contributed by atoms with Gasteiger partial charge in [-0.2, -0.15) is 9.19 Å². The molecule has 0 aliphatic carbocycles. The van der Waals surface area contributed by atoms with Crippen molar-refractivity contribution in [3.63, 3.8) is 0 Å². The number of benzene rings is 2. The van der Waals surface area contributed by atoms with E-state index in [0.717, 1.165) is 21.7 Å². The van der Waals surface area contributed by atoms with Crippen molar-refractivity contribution in [1.82, 2.24) is 9.19 Å². The molecule has 0 radical (unpaired) electrons. The summed E-state index contributed by atoms with van der Waals surface area (Å²) in [6, 6.07) is 18.5. The van der Waals surface area contributed by atoms with Gasteiger partial charge in [0.25, 0.3) is 10.0 Å². The highest BCUT2D eigenvalue weighted by Gasteiger charge is 2.09. The van der Waals surface area contributed by atoms with E-state index in [2.05, 4.69) is 5.10 Å². The fourth-order valence-electron chi connectivity index (χ4n) is 1.96. The van der Waals surface area contributed by atoms with Crippen molar-refractivity contribution in [3.8, 4) is 22.8 Å². The Balaban J connectivity index is 1.81. The molecular weight excluding hydrogens is 300 g/mol. The summed E-state index contributed by atoms with van der Waals surface area (Å²) in [6.07, 6.45) is 2.54. The van der Waals surface area contributed by atoms with E-state index in [1.807, 2.05) is 54.6 Å². The van der Waals surface area contributed by atoms with Crippen molar-refractivity contribution in [2.45, 2.75) is 0 Å². The topological polar surface area (TPSA) is 61.2 Å². The zero-order chi connectivity index (χ0) is 15.6. The molecule has 0 atom stereocenters. The van der Waals surface area contributed by atoms with E-state index in [1.165, 1.54) is 6.20 Å². The average molecular weight is 314 g/mol. The van der Waals surface area contributed by atoms with E-state index in [9.17, 15) is 8.42 Å². The minimum atomic E-state index is -3.36. The van der Waals surface area contributed by atoms with Gasteiger partial charge in [0, 0.05) is 11.8 Å². The van der Waals surface area contributed by atoms with Crippen LogP contribution >= 0.6 is 0 Å². The molecule has 0 fully saturated rings. The fraction of sp³-hybridized carbons (Fsp3) is 0.0625. The van der Waals surface area contributed by atoms with Crippen molar-refractivity contribution in [1.29, 1.82) is 0 Å². The number of hydrogen-bond donors (Lipinski definition) is 0. The van der Waals surface area contributed by atoms with Crippen LogP contribution in [0.25, 0.3) is 11.3 Å². The maximum absolute atomic E-state index is 11.4. The van der Waals surface area contributed by atoms with E-state index in [1.54, 1.807) is 6.07 Å². The molecule has 0 aliphatic heterocycles. The van der Waals surface area contributed by atoms with Gasteiger partial charge in [0.05, 0.1) is 11.9 Å². The number of nitrogens with zero attached hydrogens (tertiary/aromatic N) is 2. The molecule has 5 nitrogen and oxygen atoms in total. The number of rotatable bonds is 4. The van der Waals surface area contributed by atoms with E-state index < -0.39 is 10.0 Å². The maximum atomic E-state index is 11.4. The lowest BCUT2D eigenvalue weighted by Gasteiger charge is -2.05. The standard InChI is InChI=1S/C16H14N2O3S/c1-22(19,20)18-12-11-16(17-18)13-7-9-15(10-8-13)21-14-5-3-2-4-6-14/h2-12H,1H3. The molecule has 0 aliphatic rings. The van der Waals surface area contributed by atoms with Gasteiger partial charge in [-0.15, -0.1) is 0 Å². The Morgan fingerprint density at radius 3 is 2.14 bits per heavy atom. The van der Waals surface area contributed by atoms with Crippen LogP contribution in [0.5, 0.6) is 11.5 Å². The smallest absolute Gasteiger partial charge is 0.250 e. The van der Waals surface area contributed by atoms with Gasteiger partial charge in [-0.3, -0.25) is 0 Å². The highest BCUT2D eigenvalue weighted by molar-refractivity contribution is 7.89. The quantitative estimate of drug-likeness (QED) is 0.742. The lowest BCUT2D eigenvalue weighted by Crippen LogP contribution is -2.10. The minimum Gasteiger partial charge on any atom is -0.457 e. The molecule has 0 bridgehead atoms. The third-order valence-corrected chi connectivity index (χ3v) is 3.92. The predicted molar refractivity (Wildman–Crippen MR) is 84.4 cm³/mol. The zero-order valence-corrected chi connectivity index (χ0v) is 12.7. The number of ether oxygens (including phenoxy) is 1. The summed E-state index contributed by atoms with van der Waals surface area (Å²) >= 11 is 0. The zero-order valence-electron chi connectivity index (χ0n) is 11.9. The van der Waals surface area contributed by atoms with Crippen molar-refractivity contribution < 1.29 is 13.2 Å². The highest BCUT2D eigenvalue weighted by Crippen LogP contribution is 2.24. The molecule has 0 saturated heterocycles. The highest BCUT2D eigenvalue weighted by atomic mass is 32.2. The largest absolute Gasteiger partial charge is 0.457 e. The summed E-state index contributed by atoms with van der Waals surface area (Å²) in [5, 5.41) is 4.05. The molecule has 2 aromatic carbocycles. The summed E-state index contributed by atoms with van der Waals surface area (Å²) in [4.78, 5) is 0. The van der Waals surface area contributed by atoms with Gasteiger partial charge in [0.2, 0.25) is 0 Å². The Bertz CT molecular complexity index is 869. The second kappa shape index (κ2) is 5.65. The molecule has 6 heteroatoms. The van der Waals surface area contributed by atoms with E-state index >= 15 is 0 Å². The van der Waals surface area contributed by atoms with Gasteiger partial charge in [0.1, 0.15) is 11.5 Å². The van der Waals surface area contributed by atoms with E-state index in [-0.39, 0.29) is 0 Å². The molecule has 0 saturated carbocycles. The van der Waals surface area contributed by atoms with Crippen molar-refractivity contribution in [2.75, 3.05) is 6.26 Å². The van der Waals surface area contributed by atoms with Crippen LogP contribution in [0.3, 0.4) is 0 Å². The number of para-hydroxylation sites is 1. The molecule has 1 heterocycles. The van der Waals surface area contributed by atoms with Gasteiger partial charge in [0.15, 0.2) is 0 Å². The van der Waals surface area contributed by atoms with Crippen LogP contribution in [0.2, 0.25) is 0 Å². The lowest BCUT2D eigenvalue weighted by atomic mass is 10.1. The maximum Gasteiger partial charge on any atom is 0.250 e. The van der Waals surface area contributed by atoms with Crippen molar-refractivity contribution >= 4 is 10.0 Å². The normalized spacial score (nSPS) is 11.3. The Kier molecular flexibility index (Phi) is 3.68. The molecule has 3 aromatic rings. The molecule has 112 valence electrons. The summed E-state index contributed by atoms with van der Waals surface area (Å²) in [7, 11) is -3.36. The summed E-state index contributed by atoms with van der Waals surface area (Å²) < 4.78 is 29.5. The van der Waals surface area contributed by atoms with Crippen molar-refractivity contribution in [3.05, 3.63) is 66.9 Å². The molecule has 0 spiro atoms. The van der Waals surface area contributed by atoms with Crippen LogP contribution in [0.1, 0.15) is 0 Å². The Labute approximate surface area is 128 Å². The van der Waals surface area contributed by atoms with Crippen LogP contribution in [0.4, 0.5) is 0 Å². The predicted octanol–water partition coefficient (Wildman–Crippen LogP) is 3.15. The van der Waals surface area contributed by atoms with Gasteiger partial charge in [-0.25, -0.2) is 8.42 Å². The lowest BCUT2D eigenvalue weighted by molar-refractivity contribution is 0.483. The molecule has 1 aromatic heterocycles. The minimum absolute atomic E-state index is 0.594. The number of hydrogen-bond acceptors (Lipinski definition) is 4. The van der Waals surface area contributed by atoms with Crippen LogP contribution in [0, 0.1) is 0 Å². The molecular formula is C16H14N2O3S. The van der Waals surface area contributed by atoms with E-state index in [0.29, 0.717) is 11.4 Å². The first-order valence-corrected chi connectivity index (χ1v) is 8.47. The monoisotopic (exact) mass is 314 g/mol.